The molecule has 0 amide bonds. The van der Waals surface area contributed by atoms with Gasteiger partial charge in [-0.2, -0.15) is 4.31 Å². The van der Waals surface area contributed by atoms with Crippen LogP contribution in [0.1, 0.15) is 63.3 Å². The van der Waals surface area contributed by atoms with E-state index in [2.05, 4.69) is 4.98 Å². The van der Waals surface area contributed by atoms with Crippen LogP contribution in [-0.4, -0.2) is 39.7 Å². The molecule has 4 atom stereocenters. The molecule has 1 aromatic carbocycles. The molecule has 2 aromatic rings. The molecule has 42 heavy (non-hydrogen) atoms. The Kier molecular flexibility index (Phi) is 12.6. The average Bonchev–Trinajstić information content (AvgIpc) is 3.41. The number of carbonyl (C=O) groups is 1. The molecule has 232 valence electrons. The van der Waals surface area contributed by atoms with Crippen LogP contribution in [0.5, 0.6) is 5.75 Å². The number of ether oxygens (including phenoxy) is 2. The number of carbonyl (C=O) groups excluding carboxylic acids is 1. The number of unbranched alkanes of at least 4 members (excludes halogenated alkanes) is 2. The van der Waals surface area contributed by atoms with Crippen LogP contribution >= 0.6 is 15.6 Å². The largest absolute Gasteiger partial charge is 0.484 e. The van der Waals surface area contributed by atoms with Crippen molar-refractivity contribution < 1.29 is 46.2 Å². The molecule has 1 aliphatic rings. The normalized spacial score (nSPS) is 19.3. The van der Waals surface area contributed by atoms with Crippen LogP contribution in [-0.2, 0) is 43.2 Å². The lowest BCUT2D eigenvalue weighted by Gasteiger charge is -2.21. The lowest BCUT2D eigenvalue weighted by molar-refractivity contribution is -0.134. The molecule has 0 radical (unpaired) electrons. The standard InChI is InChI=1S/C26H36N2O12P2/c1-4-6-8-24(29)39-21-11-9-20(10-12-21)17-37-42(34,35-15-7-5-2)40-41(32,33)36-18-22-13-14-23(38-22)28-16-19(3)25(30)27-26(28)31/h9-14,16,22-23H,4-8,15,17-18H2,1-3H3,(H,32,33)(H,27,30,31)/t22-,23+,42?/m0/s1. The molecule has 2 heterocycles. The zero-order valence-corrected chi connectivity index (χ0v) is 25.4. The summed E-state index contributed by atoms with van der Waals surface area (Å²) in [6.07, 6.45) is 5.64. The van der Waals surface area contributed by atoms with E-state index in [1.54, 1.807) is 12.1 Å². The second-order valence-corrected chi connectivity index (χ2v) is 12.7. The van der Waals surface area contributed by atoms with Crippen molar-refractivity contribution in [3.05, 3.63) is 74.6 Å². The molecule has 1 aromatic heterocycles. The van der Waals surface area contributed by atoms with E-state index >= 15 is 0 Å². The highest BCUT2D eigenvalue weighted by Gasteiger charge is 2.39. The van der Waals surface area contributed by atoms with Gasteiger partial charge in [-0.05, 0) is 43.5 Å². The van der Waals surface area contributed by atoms with Gasteiger partial charge in [-0.15, -0.1) is 0 Å². The Morgan fingerprint density at radius 1 is 1.05 bits per heavy atom. The number of aromatic amines is 1. The molecule has 16 heteroatoms. The van der Waals surface area contributed by atoms with E-state index in [9.17, 15) is 28.4 Å². The average molecular weight is 631 g/mol. The first-order chi connectivity index (χ1) is 19.9. The number of hydrogen-bond donors (Lipinski definition) is 2. The molecular weight excluding hydrogens is 594 g/mol. The predicted octanol–water partition coefficient (Wildman–Crippen LogP) is 4.67. The van der Waals surface area contributed by atoms with Gasteiger partial charge in [0, 0.05) is 18.2 Å². The maximum atomic E-state index is 13.3. The maximum Gasteiger partial charge on any atom is 0.484 e. The van der Waals surface area contributed by atoms with Gasteiger partial charge >= 0.3 is 27.3 Å². The summed E-state index contributed by atoms with van der Waals surface area (Å²) in [6.45, 7) is 4.50. The van der Waals surface area contributed by atoms with Crippen molar-refractivity contribution in [1.29, 1.82) is 0 Å². The van der Waals surface area contributed by atoms with E-state index < -0.39 is 45.8 Å². The fraction of sp³-hybridized carbons (Fsp3) is 0.500. The van der Waals surface area contributed by atoms with Gasteiger partial charge in [-0.3, -0.25) is 32.7 Å². The number of nitrogens with zero attached hydrogens (tertiary/aromatic N) is 1. The summed E-state index contributed by atoms with van der Waals surface area (Å²) in [5.74, 6) is -0.0195. The SMILES string of the molecule is CCCCOP(=O)(OCc1ccc(OC(=O)CCCC)cc1)OP(=O)(O)OC[C@@H]1C=C[C@H](n2cc(C)c(=O)[nH]c2=O)O1. The van der Waals surface area contributed by atoms with Crippen molar-refractivity contribution in [3.63, 3.8) is 0 Å². The molecule has 0 bridgehead atoms. The highest BCUT2D eigenvalue weighted by atomic mass is 31.3. The van der Waals surface area contributed by atoms with E-state index in [1.165, 1.54) is 37.4 Å². The van der Waals surface area contributed by atoms with Gasteiger partial charge < -0.3 is 14.4 Å². The van der Waals surface area contributed by atoms with Crippen molar-refractivity contribution in [2.24, 2.45) is 0 Å². The first kappa shape index (κ1) is 33.8. The van der Waals surface area contributed by atoms with Crippen molar-refractivity contribution >= 4 is 21.6 Å². The topological polar surface area (TPSA) is 182 Å². The minimum absolute atomic E-state index is 0.0656. The third-order valence-corrected chi connectivity index (χ3v) is 8.90. The van der Waals surface area contributed by atoms with Crippen LogP contribution in [0.4, 0.5) is 0 Å². The Morgan fingerprint density at radius 2 is 1.76 bits per heavy atom. The lowest BCUT2D eigenvalue weighted by Crippen LogP contribution is -2.33. The van der Waals surface area contributed by atoms with Crippen molar-refractivity contribution in [3.8, 4) is 5.75 Å². The summed E-state index contributed by atoms with van der Waals surface area (Å²) in [6, 6.07) is 6.22. The molecule has 0 saturated heterocycles. The number of hydrogen-bond acceptors (Lipinski definition) is 11. The van der Waals surface area contributed by atoms with Crippen LogP contribution in [0.15, 0.2) is 52.2 Å². The molecule has 0 spiro atoms. The van der Waals surface area contributed by atoms with Crippen LogP contribution in [0.2, 0.25) is 0 Å². The lowest BCUT2D eigenvalue weighted by atomic mass is 10.2. The van der Waals surface area contributed by atoms with Crippen LogP contribution < -0.4 is 16.0 Å². The van der Waals surface area contributed by atoms with E-state index in [0.717, 1.165) is 17.4 Å². The van der Waals surface area contributed by atoms with Crippen molar-refractivity contribution in [2.75, 3.05) is 13.2 Å². The third kappa shape index (κ3) is 10.6. The summed E-state index contributed by atoms with van der Waals surface area (Å²) >= 11 is 0. The molecule has 2 N–H and O–H groups in total. The fourth-order valence-corrected chi connectivity index (χ4v) is 6.20. The monoisotopic (exact) mass is 630 g/mol. The van der Waals surface area contributed by atoms with E-state index in [1.807, 2.05) is 13.8 Å². The molecule has 3 rings (SSSR count). The second kappa shape index (κ2) is 15.7. The summed E-state index contributed by atoms with van der Waals surface area (Å²) in [5.41, 5.74) is -0.420. The highest BCUT2D eigenvalue weighted by Crippen LogP contribution is 2.64. The summed E-state index contributed by atoms with van der Waals surface area (Å²) in [7, 11) is -9.57. The Labute approximate surface area is 242 Å². The van der Waals surface area contributed by atoms with Gasteiger partial charge in [0.15, 0.2) is 6.23 Å². The minimum atomic E-state index is -4.99. The van der Waals surface area contributed by atoms with Crippen LogP contribution in [0.25, 0.3) is 0 Å². The Morgan fingerprint density at radius 3 is 2.45 bits per heavy atom. The molecule has 14 nitrogen and oxygen atoms in total. The summed E-state index contributed by atoms with van der Waals surface area (Å²) in [4.78, 5) is 48.0. The number of benzene rings is 1. The highest BCUT2D eigenvalue weighted by molar-refractivity contribution is 7.61. The summed E-state index contributed by atoms with van der Waals surface area (Å²) in [5, 5.41) is 0. The zero-order valence-electron chi connectivity index (χ0n) is 23.6. The smallest absolute Gasteiger partial charge is 0.427 e. The van der Waals surface area contributed by atoms with Crippen LogP contribution in [0.3, 0.4) is 0 Å². The molecule has 2 unspecified atom stereocenters. The first-order valence-electron chi connectivity index (χ1n) is 13.5. The molecule has 0 fully saturated rings. The molecular formula is C26H36N2O12P2. The number of aromatic nitrogens is 2. The molecule has 0 saturated carbocycles. The Bertz CT molecular complexity index is 1440. The number of phosphoric ester groups is 2. The van der Waals surface area contributed by atoms with Gasteiger partial charge in [-0.25, -0.2) is 13.9 Å². The first-order valence-corrected chi connectivity index (χ1v) is 16.4. The van der Waals surface area contributed by atoms with Gasteiger partial charge in [0.1, 0.15) is 11.9 Å². The Hall–Kier alpha value is -2.67. The van der Waals surface area contributed by atoms with Gasteiger partial charge in [0.05, 0.1) is 19.8 Å². The van der Waals surface area contributed by atoms with E-state index in [-0.39, 0.29) is 19.2 Å². The zero-order chi connectivity index (χ0) is 30.8. The maximum absolute atomic E-state index is 13.3. The van der Waals surface area contributed by atoms with Crippen molar-refractivity contribution in [1.82, 2.24) is 9.55 Å². The number of rotatable bonds is 17. The fourth-order valence-electron chi connectivity index (χ4n) is 3.55. The number of phosphoric acid groups is 2. The quantitative estimate of drug-likeness (QED) is 0.0812. The Balaban J connectivity index is 1.57. The van der Waals surface area contributed by atoms with Gasteiger partial charge in [-0.1, -0.05) is 44.9 Å². The third-order valence-electron chi connectivity index (χ3n) is 5.86. The molecule has 1 aliphatic heterocycles. The van der Waals surface area contributed by atoms with E-state index in [4.69, 9.17) is 27.4 Å². The summed E-state index contributed by atoms with van der Waals surface area (Å²) < 4.78 is 58.4. The second-order valence-electron chi connectivity index (χ2n) is 9.40. The van der Waals surface area contributed by atoms with Gasteiger partial charge in [0.25, 0.3) is 5.56 Å². The molecule has 0 aliphatic carbocycles. The van der Waals surface area contributed by atoms with Crippen molar-refractivity contribution in [2.45, 2.75) is 71.8 Å². The van der Waals surface area contributed by atoms with E-state index in [0.29, 0.717) is 36.1 Å². The number of nitrogens with one attached hydrogen (secondary N) is 1. The number of H-pyrrole nitrogens is 1. The number of esters is 1. The number of aryl methyl sites for hydroxylation is 1. The van der Waals surface area contributed by atoms with Crippen LogP contribution in [0, 0.1) is 6.92 Å². The minimum Gasteiger partial charge on any atom is -0.427 e. The predicted molar refractivity (Wildman–Crippen MR) is 151 cm³/mol. The van der Waals surface area contributed by atoms with Gasteiger partial charge in [0.2, 0.25) is 0 Å².